The van der Waals surface area contributed by atoms with Crippen molar-refractivity contribution < 1.29 is 19.4 Å². The Morgan fingerprint density at radius 1 is 0.806 bits per heavy atom. The number of allylic oxidation sites excluding steroid dienone is 4. The van der Waals surface area contributed by atoms with Gasteiger partial charge in [-0.25, -0.2) is 4.79 Å². The number of aromatic carboxylic acids is 1. The molecule has 0 aliphatic carbocycles. The van der Waals surface area contributed by atoms with Gasteiger partial charge in [-0.3, -0.25) is 0 Å². The molecule has 0 spiro atoms. The van der Waals surface area contributed by atoms with E-state index in [1.54, 1.807) is 7.11 Å². The molecular weight excluding hydrogens is 388 g/mol. The van der Waals surface area contributed by atoms with Crippen LogP contribution in [0.25, 0.3) is 0 Å². The van der Waals surface area contributed by atoms with E-state index in [4.69, 9.17) is 9.47 Å². The number of hydrogen-bond acceptors (Lipinski definition) is 3. The molecule has 0 atom stereocenters. The van der Waals surface area contributed by atoms with E-state index in [0.717, 1.165) is 34.4 Å². The summed E-state index contributed by atoms with van der Waals surface area (Å²) in [6.45, 7) is 8.13. The summed E-state index contributed by atoms with van der Waals surface area (Å²) in [5, 5.41) is 10.2. The van der Waals surface area contributed by atoms with Crippen molar-refractivity contribution in [3.63, 3.8) is 0 Å². The van der Waals surface area contributed by atoms with Crippen molar-refractivity contribution in [2.75, 3.05) is 14.2 Å². The van der Waals surface area contributed by atoms with Crippen LogP contribution in [0.2, 0.25) is 0 Å². The summed E-state index contributed by atoms with van der Waals surface area (Å²) >= 11 is 0. The van der Waals surface area contributed by atoms with E-state index in [1.165, 1.54) is 18.2 Å². The van der Waals surface area contributed by atoms with Crippen molar-refractivity contribution in [1.82, 2.24) is 0 Å². The monoisotopic (exact) mass is 422 g/mol. The van der Waals surface area contributed by atoms with Gasteiger partial charge in [0.25, 0.3) is 0 Å². The van der Waals surface area contributed by atoms with E-state index in [1.807, 2.05) is 45.9 Å². The first-order valence-corrected chi connectivity index (χ1v) is 10.6. The predicted molar refractivity (Wildman–Crippen MR) is 127 cm³/mol. The molecule has 31 heavy (non-hydrogen) atoms. The van der Waals surface area contributed by atoms with Gasteiger partial charge >= 0.3 is 5.97 Å². The fourth-order valence-electron chi connectivity index (χ4n) is 3.76. The van der Waals surface area contributed by atoms with Crippen molar-refractivity contribution in [2.45, 2.75) is 53.4 Å². The minimum Gasteiger partial charge on any atom is -0.496 e. The number of benzene rings is 2. The predicted octanol–water partition coefficient (Wildman–Crippen LogP) is 6.20. The fourth-order valence-corrected chi connectivity index (χ4v) is 3.76. The van der Waals surface area contributed by atoms with Crippen LogP contribution in [0.15, 0.2) is 53.6 Å². The van der Waals surface area contributed by atoms with Crippen molar-refractivity contribution in [2.24, 2.45) is 0 Å². The number of methoxy groups -OCH3 is 2. The molecule has 0 heterocycles. The van der Waals surface area contributed by atoms with E-state index in [0.29, 0.717) is 25.0 Å². The Hall–Kier alpha value is -3.01. The molecule has 0 fully saturated rings. The van der Waals surface area contributed by atoms with Crippen LogP contribution in [0.5, 0.6) is 11.5 Å². The van der Waals surface area contributed by atoms with Gasteiger partial charge in [0, 0.05) is 11.1 Å². The van der Waals surface area contributed by atoms with E-state index < -0.39 is 5.97 Å². The smallest absolute Gasteiger partial charge is 0.339 e. The molecule has 0 aromatic heterocycles. The lowest BCUT2D eigenvalue weighted by molar-refractivity contribution is 0.0691. The summed E-state index contributed by atoms with van der Waals surface area (Å²) in [5.74, 6) is 0.144. The topological polar surface area (TPSA) is 55.8 Å². The van der Waals surface area contributed by atoms with Crippen molar-refractivity contribution in [1.29, 1.82) is 0 Å². The molecule has 0 radical (unpaired) electrons. The van der Waals surface area contributed by atoms with Crippen molar-refractivity contribution >= 4 is 5.97 Å². The Morgan fingerprint density at radius 3 is 1.84 bits per heavy atom. The second-order valence-electron chi connectivity index (χ2n) is 8.14. The molecule has 4 heteroatoms. The Bertz CT molecular complexity index is 961. The van der Waals surface area contributed by atoms with Gasteiger partial charge in [-0.05, 0) is 64.5 Å². The zero-order valence-corrected chi connectivity index (χ0v) is 19.5. The molecule has 2 aromatic carbocycles. The number of rotatable bonds is 10. The number of aryl methyl sites for hydroxylation is 1. The molecule has 4 nitrogen and oxygen atoms in total. The largest absolute Gasteiger partial charge is 0.496 e. The van der Waals surface area contributed by atoms with Crippen LogP contribution in [0.1, 0.15) is 60.3 Å². The van der Waals surface area contributed by atoms with E-state index in [9.17, 15) is 9.90 Å². The fraction of sp³-hybridized carbons (Fsp3) is 0.370. The first-order chi connectivity index (χ1) is 14.8. The van der Waals surface area contributed by atoms with Crippen LogP contribution in [-0.2, 0) is 25.7 Å². The molecule has 0 aliphatic heterocycles. The van der Waals surface area contributed by atoms with E-state index in [2.05, 4.69) is 24.3 Å². The van der Waals surface area contributed by atoms with Gasteiger partial charge in [0.05, 0.1) is 14.2 Å². The molecule has 0 unspecified atom stereocenters. The molecule has 0 bridgehead atoms. The molecule has 2 aromatic rings. The van der Waals surface area contributed by atoms with Gasteiger partial charge in [0.1, 0.15) is 17.1 Å². The number of hydrogen-bond donors (Lipinski definition) is 1. The standard InChI is InChI=1S/C27H34O4/c1-18(2)12-15-22-21(17-14-20-10-8-7-9-11-20)24(27(28)29)26(31-6)23(25(22)30-5)16-13-19(3)4/h7-13H,14-17H2,1-6H3,(H,28,29). The Morgan fingerprint density at radius 2 is 1.35 bits per heavy atom. The quantitative estimate of drug-likeness (QED) is 0.463. The second-order valence-corrected chi connectivity index (χ2v) is 8.14. The molecule has 0 amide bonds. The van der Waals surface area contributed by atoms with Gasteiger partial charge in [-0.1, -0.05) is 53.6 Å². The third-order valence-corrected chi connectivity index (χ3v) is 5.27. The lowest BCUT2D eigenvalue weighted by atomic mass is 9.87. The van der Waals surface area contributed by atoms with Gasteiger partial charge < -0.3 is 14.6 Å². The lowest BCUT2D eigenvalue weighted by Gasteiger charge is -2.23. The van der Waals surface area contributed by atoms with Crippen LogP contribution in [0.3, 0.4) is 0 Å². The maximum Gasteiger partial charge on any atom is 0.339 e. The van der Waals surface area contributed by atoms with E-state index in [-0.39, 0.29) is 5.56 Å². The van der Waals surface area contributed by atoms with Gasteiger partial charge in [-0.2, -0.15) is 0 Å². The third-order valence-electron chi connectivity index (χ3n) is 5.27. The van der Waals surface area contributed by atoms with Crippen LogP contribution in [0.4, 0.5) is 0 Å². The van der Waals surface area contributed by atoms with Gasteiger partial charge in [0.15, 0.2) is 0 Å². The molecule has 166 valence electrons. The highest BCUT2D eigenvalue weighted by Gasteiger charge is 2.28. The van der Waals surface area contributed by atoms with Crippen LogP contribution >= 0.6 is 0 Å². The molecular formula is C27H34O4. The summed E-state index contributed by atoms with van der Waals surface area (Å²) in [7, 11) is 3.18. The summed E-state index contributed by atoms with van der Waals surface area (Å²) in [6.07, 6.45) is 6.68. The second kappa shape index (κ2) is 11.4. The average Bonchev–Trinajstić information content (AvgIpc) is 2.74. The Kier molecular flexibility index (Phi) is 8.92. The Labute approximate surface area is 186 Å². The minimum absolute atomic E-state index is 0.244. The number of carboxylic acids is 1. The summed E-state index contributed by atoms with van der Waals surface area (Å²) in [4.78, 5) is 12.4. The van der Waals surface area contributed by atoms with Crippen LogP contribution in [-0.4, -0.2) is 25.3 Å². The summed E-state index contributed by atoms with van der Waals surface area (Å²) in [5.41, 5.74) is 6.23. The van der Waals surface area contributed by atoms with Crippen molar-refractivity contribution in [3.05, 3.63) is 81.4 Å². The molecule has 0 saturated carbocycles. The number of carboxylic acid groups (broad SMARTS) is 1. The maximum absolute atomic E-state index is 12.4. The third kappa shape index (κ3) is 6.24. The van der Waals surface area contributed by atoms with Gasteiger partial charge in [0.2, 0.25) is 0 Å². The zero-order valence-electron chi connectivity index (χ0n) is 19.5. The minimum atomic E-state index is -0.973. The first kappa shape index (κ1) is 24.3. The average molecular weight is 423 g/mol. The number of carbonyl (C=O) groups is 1. The van der Waals surface area contributed by atoms with Gasteiger partial charge in [-0.15, -0.1) is 0 Å². The molecule has 0 aliphatic rings. The van der Waals surface area contributed by atoms with Crippen LogP contribution in [0, 0.1) is 0 Å². The molecule has 0 saturated heterocycles. The molecule has 1 N–H and O–H groups in total. The Balaban J connectivity index is 2.77. The van der Waals surface area contributed by atoms with Crippen LogP contribution < -0.4 is 9.47 Å². The summed E-state index contributed by atoms with van der Waals surface area (Å²) in [6, 6.07) is 10.1. The highest BCUT2D eigenvalue weighted by Crippen LogP contribution is 2.41. The normalized spacial score (nSPS) is 10.4. The first-order valence-electron chi connectivity index (χ1n) is 10.6. The van der Waals surface area contributed by atoms with Crippen molar-refractivity contribution in [3.8, 4) is 11.5 Å². The SMILES string of the molecule is COc1c(CC=C(C)C)c(CCc2ccccc2)c(C(=O)O)c(OC)c1CC=C(C)C. The lowest BCUT2D eigenvalue weighted by Crippen LogP contribution is -2.14. The molecule has 2 rings (SSSR count). The van der Waals surface area contributed by atoms with E-state index >= 15 is 0 Å². The highest BCUT2D eigenvalue weighted by atomic mass is 16.5. The highest BCUT2D eigenvalue weighted by molar-refractivity contribution is 5.95. The maximum atomic E-state index is 12.4. The zero-order chi connectivity index (χ0) is 23.0. The summed E-state index contributed by atoms with van der Waals surface area (Å²) < 4.78 is 11.6. The number of ether oxygens (including phenoxy) is 2.